The van der Waals surface area contributed by atoms with Gasteiger partial charge in [0.15, 0.2) is 0 Å². The Kier molecular flexibility index (Phi) is 5.64. The molecule has 0 saturated carbocycles. The van der Waals surface area contributed by atoms with Gasteiger partial charge in [-0.05, 0) is 0 Å². The van der Waals surface area contributed by atoms with E-state index in [0.29, 0.717) is 0 Å². The smallest absolute Gasteiger partial charge is 0.450 e. The molecule has 7 heteroatoms. The molecule has 0 aliphatic rings. The molecule has 0 radical (unpaired) electrons. The van der Waals surface area contributed by atoms with Crippen LogP contribution in [0, 0.1) is 0 Å². The summed E-state index contributed by atoms with van der Waals surface area (Å²) in [7, 11) is -2.59. The molecule has 0 aliphatic carbocycles. The predicted molar refractivity (Wildman–Crippen MR) is 34.4 cm³/mol. The van der Waals surface area contributed by atoms with Crippen LogP contribution in [0.15, 0.2) is 0 Å². The van der Waals surface area contributed by atoms with Crippen molar-refractivity contribution >= 4 is 14.4 Å². The third-order valence-corrected chi connectivity index (χ3v) is 1.12. The van der Waals surface area contributed by atoms with Crippen LogP contribution in [0.3, 0.4) is 0 Å². The number of rotatable bonds is 5. The lowest BCUT2D eigenvalue weighted by Crippen LogP contribution is -2.03. The molecule has 0 aliphatic heterocycles. The molecule has 0 saturated heterocycles. The lowest BCUT2D eigenvalue weighted by Gasteiger charge is -1.94. The van der Waals surface area contributed by atoms with Crippen LogP contribution in [0.5, 0.6) is 0 Å². The second-order valence-corrected chi connectivity index (χ2v) is 2.27. The van der Waals surface area contributed by atoms with Gasteiger partial charge < -0.3 is 9.84 Å². The van der Waals surface area contributed by atoms with Crippen molar-refractivity contribution < 1.29 is 28.6 Å². The van der Waals surface area contributed by atoms with E-state index in [0.717, 1.165) is 0 Å². The molecule has 11 heavy (non-hydrogen) atoms. The van der Waals surface area contributed by atoms with Gasteiger partial charge in [-0.25, -0.2) is 4.79 Å². The molecule has 2 N–H and O–H groups in total. The molecule has 0 amide bonds. The van der Waals surface area contributed by atoms with Crippen LogP contribution in [-0.2, 0) is 13.8 Å². The molecule has 6 nitrogen and oxygen atoms in total. The second kappa shape index (κ2) is 6.03. The summed E-state index contributed by atoms with van der Waals surface area (Å²) in [4.78, 5) is 17.8. The van der Waals surface area contributed by atoms with Gasteiger partial charge in [-0.3, -0.25) is 0 Å². The van der Waals surface area contributed by atoms with Gasteiger partial charge in [-0.2, -0.15) is 0 Å². The Hall–Kier alpha value is -0.710. The van der Waals surface area contributed by atoms with Crippen molar-refractivity contribution in [3.8, 4) is 0 Å². The molecular formula is C4H8O6P+. The number of hydrogen-bond acceptors (Lipinski definition) is 4. The number of carbonyl (C=O) groups is 1. The van der Waals surface area contributed by atoms with Gasteiger partial charge in [0, 0.05) is 11.0 Å². The fourth-order valence-corrected chi connectivity index (χ4v) is 0.646. The van der Waals surface area contributed by atoms with Gasteiger partial charge in [0.25, 0.3) is 0 Å². The molecule has 0 aromatic carbocycles. The highest BCUT2D eigenvalue weighted by Gasteiger charge is 2.10. The van der Waals surface area contributed by atoms with Gasteiger partial charge in [0.1, 0.15) is 6.61 Å². The zero-order valence-electron chi connectivity index (χ0n) is 5.60. The van der Waals surface area contributed by atoms with Crippen LogP contribution < -0.4 is 0 Å². The lowest BCUT2D eigenvalue weighted by molar-refractivity contribution is 0.0866. The third kappa shape index (κ3) is 9.29. The lowest BCUT2D eigenvalue weighted by atomic mass is 10.5. The standard InChI is InChI=1S/C4H7O6P/c5-4(6)9-2-1-3-10-11(7)8/h1-3H2,(H-,5,6,7,8)/p+1. The highest BCUT2D eigenvalue weighted by atomic mass is 31.1. The Morgan fingerprint density at radius 3 is 2.55 bits per heavy atom. The van der Waals surface area contributed by atoms with E-state index in [1.54, 1.807) is 0 Å². The average molecular weight is 183 g/mol. The Morgan fingerprint density at radius 2 is 2.09 bits per heavy atom. The van der Waals surface area contributed by atoms with E-state index in [4.69, 9.17) is 10.00 Å². The summed E-state index contributed by atoms with van der Waals surface area (Å²) in [5, 5.41) is 7.95. The summed E-state index contributed by atoms with van der Waals surface area (Å²) >= 11 is 0. The number of hydrogen-bond donors (Lipinski definition) is 2. The van der Waals surface area contributed by atoms with Crippen molar-refractivity contribution in [2.75, 3.05) is 13.2 Å². The normalized spacial score (nSPS) is 10.8. The van der Waals surface area contributed by atoms with Crippen molar-refractivity contribution in [1.82, 2.24) is 0 Å². The summed E-state index contributed by atoms with van der Waals surface area (Å²) in [6, 6.07) is 0. The molecule has 0 spiro atoms. The largest absolute Gasteiger partial charge is 0.694 e. The van der Waals surface area contributed by atoms with E-state index in [-0.39, 0.29) is 19.6 Å². The van der Waals surface area contributed by atoms with Gasteiger partial charge in [0.05, 0.1) is 6.61 Å². The van der Waals surface area contributed by atoms with Crippen molar-refractivity contribution in [2.24, 2.45) is 0 Å². The second-order valence-electron chi connectivity index (χ2n) is 1.54. The highest BCUT2D eigenvalue weighted by Crippen LogP contribution is 2.13. The molecule has 1 atom stereocenters. The third-order valence-electron chi connectivity index (χ3n) is 0.716. The van der Waals surface area contributed by atoms with Gasteiger partial charge in [0.2, 0.25) is 0 Å². The van der Waals surface area contributed by atoms with Crippen LogP contribution >= 0.6 is 8.25 Å². The first-order chi connectivity index (χ1) is 5.13. The molecule has 0 bridgehead atoms. The first-order valence-electron chi connectivity index (χ1n) is 2.77. The van der Waals surface area contributed by atoms with Crippen molar-refractivity contribution in [3.63, 3.8) is 0 Å². The van der Waals surface area contributed by atoms with Crippen molar-refractivity contribution in [3.05, 3.63) is 0 Å². The SMILES string of the molecule is O=C(O)OCCCO[P+](=O)O. The topological polar surface area (TPSA) is 93.1 Å². The van der Waals surface area contributed by atoms with E-state index in [1.165, 1.54) is 0 Å². The Morgan fingerprint density at radius 1 is 1.45 bits per heavy atom. The van der Waals surface area contributed by atoms with Crippen molar-refractivity contribution in [1.29, 1.82) is 0 Å². The van der Waals surface area contributed by atoms with E-state index in [1.807, 2.05) is 0 Å². The molecule has 64 valence electrons. The van der Waals surface area contributed by atoms with Gasteiger partial charge in [-0.15, -0.1) is 9.42 Å². The Labute approximate surface area is 63.7 Å². The quantitative estimate of drug-likeness (QED) is 0.371. The molecule has 0 heterocycles. The molecule has 0 rings (SSSR count). The van der Waals surface area contributed by atoms with Gasteiger partial charge >= 0.3 is 14.4 Å². The van der Waals surface area contributed by atoms with Crippen LogP contribution in [0.1, 0.15) is 6.42 Å². The van der Waals surface area contributed by atoms with E-state index in [2.05, 4.69) is 9.26 Å². The fraction of sp³-hybridized carbons (Fsp3) is 0.750. The maximum Gasteiger partial charge on any atom is 0.694 e. The summed E-state index contributed by atoms with van der Waals surface area (Å²) in [6.45, 7) is -0.0164. The van der Waals surface area contributed by atoms with E-state index in [9.17, 15) is 9.36 Å². The number of ether oxygens (including phenoxy) is 1. The maximum atomic E-state index is 9.87. The molecular weight excluding hydrogens is 175 g/mol. The summed E-state index contributed by atoms with van der Waals surface area (Å²) in [5.41, 5.74) is 0. The minimum absolute atomic E-state index is 0.0129. The zero-order valence-corrected chi connectivity index (χ0v) is 6.49. The highest BCUT2D eigenvalue weighted by molar-refractivity contribution is 7.32. The fourth-order valence-electron chi connectivity index (χ4n) is 0.361. The monoisotopic (exact) mass is 183 g/mol. The minimum Gasteiger partial charge on any atom is -0.450 e. The molecule has 0 aromatic rings. The zero-order chi connectivity index (χ0) is 8.69. The first kappa shape index (κ1) is 10.3. The van der Waals surface area contributed by atoms with Crippen LogP contribution in [0.4, 0.5) is 4.79 Å². The first-order valence-corrected chi connectivity index (χ1v) is 3.90. The predicted octanol–water partition coefficient (Wildman–Crippen LogP) is 0.737. The van der Waals surface area contributed by atoms with Crippen molar-refractivity contribution in [2.45, 2.75) is 6.42 Å². The minimum atomic E-state index is -2.59. The van der Waals surface area contributed by atoms with Crippen LogP contribution in [0.25, 0.3) is 0 Å². The van der Waals surface area contributed by atoms with Gasteiger partial charge in [-0.1, -0.05) is 0 Å². The summed E-state index contributed by atoms with van der Waals surface area (Å²) in [5.74, 6) is 0. The van der Waals surface area contributed by atoms with E-state index < -0.39 is 14.4 Å². The summed E-state index contributed by atoms with van der Waals surface area (Å²) in [6.07, 6.45) is -1.09. The number of carboxylic acid groups (broad SMARTS) is 1. The van der Waals surface area contributed by atoms with E-state index >= 15 is 0 Å². The Bertz CT molecular complexity index is 130. The van der Waals surface area contributed by atoms with Crippen LogP contribution in [0.2, 0.25) is 0 Å². The average Bonchev–Trinajstić information content (AvgIpc) is 1.85. The molecule has 1 unspecified atom stereocenters. The summed E-state index contributed by atoms with van der Waals surface area (Å²) < 4.78 is 18.2. The maximum absolute atomic E-state index is 9.87. The van der Waals surface area contributed by atoms with Crippen LogP contribution in [-0.4, -0.2) is 29.4 Å². The Balaban J connectivity index is 3.03. The molecule has 0 aromatic heterocycles. The molecule has 0 fully saturated rings.